The first-order valence-corrected chi connectivity index (χ1v) is 12.8. The van der Waals surface area contributed by atoms with Gasteiger partial charge in [0.2, 0.25) is 11.6 Å². The Labute approximate surface area is 226 Å². The van der Waals surface area contributed by atoms with Crippen molar-refractivity contribution in [1.29, 1.82) is 0 Å². The maximum Gasteiger partial charge on any atom is 0.346 e. The molecular weight excluding hydrogens is 500 g/mol. The third-order valence-corrected chi connectivity index (χ3v) is 7.39. The monoisotopic (exact) mass is 532 g/mol. The lowest BCUT2D eigenvalue weighted by Crippen LogP contribution is -2.70. The molecule has 0 heterocycles. The van der Waals surface area contributed by atoms with Gasteiger partial charge in [0.15, 0.2) is 0 Å². The summed E-state index contributed by atoms with van der Waals surface area (Å²) in [7, 11) is 0. The fraction of sp³-hybridized carbons (Fsp3) is 0.367. The molecule has 0 radical (unpaired) electrons. The van der Waals surface area contributed by atoms with E-state index in [0.717, 1.165) is 0 Å². The van der Waals surface area contributed by atoms with Gasteiger partial charge in [-0.2, -0.15) is 0 Å². The van der Waals surface area contributed by atoms with Gasteiger partial charge in [-0.25, -0.2) is 4.79 Å². The van der Waals surface area contributed by atoms with Crippen molar-refractivity contribution < 1.29 is 24.5 Å². The fourth-order valence-corrected chi connectivity index (χ4v) is 5.91. The van der Waals surface area contributed by atoms with Gasteiger partial charge in [-0.15, -0.1) is 0 Å². The summed E-state index contributed by atoms with van der Waals surface area (Å²) in [5, 5.41) is 38.2. The summed E-state index contributed by atoms with van der Waals surface area (Å²) in [6.07, 6.45) is -0.0215. The van der Waals surface area contributed by atoms with Gasteiger partial charge >= 0.3 is 5.97 Å². The molecule has 0 aliphatic heterocycles. The quantitative estimate of drug-likeness (QED) is 0.263. The zero-order valence-electron chi connectivity index (χ0n) is 22.0. The van der Waals surface area contributed by atoms with E-state index >= 15 is 0 Å². The number of rotatable bonds is 7. The minimum atomic E-state index is -2.69. The van der Waals surface area contributed by atoms with E-state index in [9.17, 15) is 30.1 Å². The molecular formula is C30H32N2O7. The van der Waals surface area contributed by atoms with Crippen LogP contribution in [0.1, 0.15) is 49.3 Å². The highest BCUT2D eigenvalue weighted by molar-refractivity contribution is 5.82. The van der Waals surface area contributed by atoms with Gasteiger partial charge in [-0.3, -0.25) is 20.2 Å². The van der Waals surface area contributed by atoms with E-state index in [1.54, 1.807) is 112 Å². The van der Waals surface area contributed by atoms with Crippen molar-refractivity contribution in [3.63, 3.8) is 0 Å². The third kappa shape index (κ3) is 5.54. The smallest absolute Gasteiger partial charge is 0.346 e. The van der Waals surface area contributed by atoms with Crippen LogP contribution in [0.15, 0.2) is 91.0 Å². The van der Waals surface area contributed by atoms with E-state index in [1.807, 2.05) is 0 Å². The van der Waals surface area contributed by atoms with Crippen LogP contribution in [-0.4, -0.2) is 44.2 Å². The normalized spacial score (nSPS) is 26.9. The summed E-state index contributed by atoms with van der Waals surface area (Å²) >= 11 is 0. The van der Waals surface area contributed by atoms with Gasteiger partial charge in [-0.1, -0.05) is 91.0 Å². The van der Waals surface area contributed by atoms with Crippen LogP contribution in [0, 0.1) is 26.1 Å². The first-order valence-electron chi connectivity index (χ1n) is 12.8. The number of nitrogens with zero attached hydrogens (tertiary/aromatic N) is 2. The van der Waals surface area contributed by atoms with Crippen molar-refractivity contribution in [3.05, 3.63) is 128 Å². The summed E-state index contributed by atoms with van der Waals surface area (Å²) in [6, 6.07) is 22.0. The zero-order valence-corrected chi connectivity index (χ0v) is 22.0. The number of benzene rings is 3. The molecule has 3 aromatic rings. The molecule has 1 aliphatic carbocycles. The number of ether oxygens (including phenoxy) is 1. The summed E-state index contributed by atoms with van der Waals surface area (Å²) in [4.78, 5) is 38.4. The molecule has 0 spiro atoms. The summed E-state index contributed by atoms with van der Waals surface area (Å²) in [5.41, 5.74) is -2.30. The number of nitro groups is 2. The molecule has 9 heteroatoms. The minimum absolute atomic E-state index is 0.0215. The number of carbonyl (C=O) groups is 1. The van der Waals surface area contributed by atoms with Crippen LogP contribution in [0.5, 0.6) is 0 Å². The fourth-order valence-electron chi connectivity index (χ4n) is 5.91. The Morgan fingerprint density at radius 3 is 1.72 bits per heavy atom. The van der Waals surface area contributed by atoms with Crippen molar-refractivity contribution in [2.75, 3.05) is 0 Å². The van der Waals surface area contributed by atoms with E-state index in [-0.39, 0.29) is 6.42 Å². The van der Waals surface area contributed by atoms with Crippen LogP contribution in [0.3, 0.4) is 0 Å². The maximum atomic E-state index is 13.9. The van der Waals surface area contributed by atoms with Crippen LogP contribution < -0.4 is 0 Å². The molecule has 1 aliphatic rings. The molecule has 4 rings (SSSR count). The molecule has 39 heavy (non-hydrogen) atoms. The predicted octanol–water partition coefficient (Wildman–Crippen LogP) is 4.79. The number of esters is 1. The molecule has 1 fully saturated rings. The van der Waals surface area contributed by atoms with Crippen LogP contribution in [0.2, 0.25) is 0 Å². The van der Waals surface area contributed by atoms with E-state index in [2.05, 4.69) is 0 Å². The second-order valence-corrected chi connectivity index (χ2v) is 11.0. The van der Waals surface area contributed by atoms with Crippen LogP contribution >= 0.6 is 0 Å². The molecule has 9 nitrogen and oxygen atoms in total. The molecule has 0 bridgehead atoms. The van der Waals surface area contributed by atoms with Crippen LogP contribution in [0.25, 0.3) is 0 Å². The molecule has 3 aromatic carbocycles. The highest BCUT2D eigenvalue weighted by Crippen LogP contribution is 2.53. The lowest BCUT2D eigenvalue weighted by atomic mass is 9.55. The third-order valence-electron chi connectivity index (χ3n) is 7.39. The Kier molecular flexibility index (Phi) is 7.83. The highest BCUT2D eigenvalue weighted by Gasteiger charge is 2.72. The zero-order chi connectivity index (χ0) is 28.4. The number of hydrogen-bond donors (Lipinski definition) is 1. The van der Waals surface area contributed by atoms with Crippen molar-refractivity contribution in [2.45, 2.75) is 62.3 Å². The highest BCUT2D eigenvalue weighted by atomic mass is 16.6. The molecule has 204 valence electrons. The second-order valence-electron chi connectivity index (χ2n) is 11.0. The SMILES string of the molecule is CC(C)(C)OC(=O)[C@]1(O)[C@@H](Cc2ccccc2)[C@@H](c2ccccc2)[C@@H]([N+](=O)[O-])[C@H](c2ccccc2)[C@H]1[N+](=O)[O-]. The Morgan fingerprint density at radius 1 is 0.821 bits per heavy atom. The molecule has 1 saturated carbocycles. The Hall–Kier alpha value is -4.11. The van der Waals surface area contributed by atoms with Gasteiger partial charge in [-0.05, 0) is 43.9 Å². The van der Waals surface area contributed by atoms with Crippen molar-refractivity contribution >= 4 is 5.97 Å². The molecule has 6 atom stereocenters. The van der Waals surface area contributed by atoms with Gasteiger partial charge < -0.3 is 9.84 Å². The number of aliphatic hydroxyl groups is 1. The van der Waals surface area contributed by atoms with Gasteiger partial charge in [0.05, 0.1) is 5.92 Å². The Bertz CT molecular complexity index is 1310. The van der Waals surface area contributed by atoms with E-state index in [1.165, 1.54) is 0 Å². The topological polar surface area (TPSA) is 133 Å². The Morgan fingerprint density at radius 2 is 1.28 bits per heavy atom. The van der Waals surface area contributed by atoms with Crippen molar-refractivity contribution in [1.82, 2.24) is 0 Å². The largest absolute Gasteiger partial charge is 0.458 e. The van der Waals surface area contributed by atoms with Gasteiger partial charge in [0, 0.05) is 15.8 Å². The summed E-state index contributed by atoms with van der Waals surface area (Å²) in [6.45, 7) is 4.81. The molecule has 0 amide bonds. The molecule has 0 saturated heterocycles. The first-order chi connectivity index (χ1) is 18.4. The van der Waals surface area contributed by atoms with E-state index in [0.29, 0.717) is 16.7 Å². The summed E-state index contributed by atoms with van der Waals surface area (Å²) < 4.78 is 5.63. The predicted molar refractivity (Wildman–Crippen MR) is 144 cm³/mol. The minimum Gasteiger partial charge on any atom is -0.458 e. The second kappa shape index (κ2) is 10.9. The van der Waals surface area contributed by atoms with Crippen molar-refractivity contribution in [3.8, 4) is 0 Å². The standard InChI is InChI=1S/C30H32N2O7/c1-29(2,3)39-28(33)30(34)23(19-20-13-7-4-8-14-20)24(21-15-9-5-10-16-21)26(31(35)36)25(27(30)32(37)38)22-17-11-6-12-18-22/h4-18,23-27,34H,19H2,1-3H3/t23-,24+,25-,26+,27+,30-/m0/s1. The van der Waals surface area contributed by atoms with E-state index in [4.69, 9.17) is 4.74 Å². The molecule has 0 aromatic heterocycles. The van der Waals surface area contributed by atoms with Crippen LogP contribution in [-0.2, 0) is 16.0 Å². The molecule has 0 unspecified atom stereocenters. The maximum absolute atomic E-state index is 13.9. The van der Waals surface area contributed by atoms with Gasteiger partial charge in [0.25, 0.3) is 6.04 Å². The van der Waals surface area contributed by atoms with E-state index < -0.39 is 56.9 Å². The van der Waals surface area contributed by atoms with Gasteiger partial charge in [0.1, 0.15) is 11.5 Å². The molecule has 1 N–H and O–H groups in total. The average Bonchev–Trinajstić information content (AvgIpc) is 2.89. The Balaban J connectivity index is 2.06. The van der Waals surface area contributed by atoms with Crippen molar-refractivity contribution in [2.24, 2.45) is 5.92 Å². The summed E-state index contributed by atoms with van der Waals surface area (Å²) in [5.74, 6) is -4.89. The first kappa shape index (κ1) is 27.9. The lowest BCUT2D eigenvalue weighted by Gasteiger charge is -2.48. The lowest BCUT2D eigenvalue weighted by molar-refractivity contribution is -0.594. The average molecular weight is 533 g/mol. The van der Waals surface area contributed by atoms with Crippen LogP contribution in [0.4, 0.5) is 0 Å². The number of carbonyl (C=O) groups excluding carboxylic acids is 1. The number of hydrogen-bond acceptors (Lipinski definition) is 7.